The summed E-state index contributed by atoms with van der Waals surface area (Å²) in [6.07, 6.45) is 5.18. The molecule has 0 spiro atoms. The number of hydrogen-bond donors (Lipinski definition) is 0. The van der Waals surface area contributed by atoms with Crippen LogP contribution in [0.5, 0.6) is 11.5 Å². The summed E-state index contributed by atoms with van der Waals surface area (Å²) in [6, 6.07) is 10.0. The molecule has 0 radical (unpaired) electrons. The van der Waals surface area contributed by atoms with Gasteiger partial charge in [0.25, 0.3) is 0 Å². The number of hydrogen-bond acceptors (Lipinski definition) is 6. The predicted molar refractivity (Wildman–Crippen MR) is 173 cm³/mol. The van der Waals surface area contributed by atoms with Crippen LogP contribution in [-0.4, -0.2) is 35.8 Å². The molecule has 11 heteroatoms. The molecule has 0 aliphatic heterocycles. The third kappa shape index (κ3) is 12.5. The molecule has 0 fully saturated rings. The quantitative estimate of drug-likeness (QED) is 0.0513. The van der Waals surface area contributed by atoms with Crippen molar-refractivity contribution in [3.63, 3.8) is 0 Å². The highest BCUT2D eigenvalue weighted by Crippen LogP contribution is 2.29. The maximum absolute atomic E-state index is 14.7. The Balaban J connectivity index is 1.52. The monoisotopic (exact) mass is 677 g/mol. The predicted octanol–water partition coefficient (Wildman–Crippen LogP) is 10.8. The highest BCUT2D eigenvalue weighted by molar-refractivity contribution is 5.92. The van der Waals surface area contributed by atoms with Crippen LogP contribution in [0.3, 0.4) is 0 Å². The summed E-state index contributed by atoms with van der Waals surface area (Å²) in [4.78, 5) is 29.2. The molecule has 0 aliphatic carbocycles. The van der Waals surface area contributed by atoms with Gasteiger partial charge in [-0.25, -0.2) is 18.4 Å². The van der Waals surface area contributed by atoms with Gasteiger partial charge in [0, 0.05) is 17.8 Å². The summed E-state index contributed by atoms with van der Waals surface area (Å²) >= 11 is 0. The Bertz CT molecular complexity index is 1450. The summed E-state index contributed by atoms with van der Waals surface area (Å²) in [5, 5.41) is 0. The van der Waals surface area contributed by atoms with Gasteiger partial charge in [-0.15, -0.1) is 0 Å². The minimum atomic E-state index is -4.80. The number of benzene rings is 2. The molecule has 0 aliphatic rings. The van der Waals surface area contributed by atoms with Gasteiger partial charge < -0.3 is 14.2 Å². The summed E-state index contributed by atoms with van der Waals surface area (Å²) in [5.74, 6) is -4.25. The van der Waals surface area contributed by atoms with Gasteiger partial charge in [-0.05, 0) is 61.7 Å². The molecule has 0 saturated carbocycles. The lowest BCUT2D eigenvalue weighted by molar-refractivity contribution is -0.206. The van der Waals surface area contributed by atoms with Crippen LogP contribution in [-0.2, 0) is 4.74 Å². The lowest BCUT2D eigenvalue weighted by Crippen LogP contribution is -2.34. The van der Waals surface area contributed by atoms with Crippen molar-refractivity contribution >= 4 is 11.9 Å². The van der Waals surface area contributed by atoms with Crippen LogP contribution in [0.25, 0.3) is 11.3 Å². The van der Waals surface area contributed by atoms with Gasteiger partial charge in [-0.1, -0.05) is 78.1 Å². The van der Waals surface area contributed by atoms with E-state index in [2.05, 4.69) is 16.6 Å². The molecule has 3 rings (SSSR count). The summed E-state index contributed by atoms with van der Waals surface area (Å²) < 4.78 is 84.9. The molecule has 262 valence electrons. The van der Waals surface area contributed by atoms with Gasteiger partial charge in [0.1, 0.15) is 11.6 Å². The van der Waals surface area contributed by atoms with Crippen LogP contribution in [0.15, 0.2) is 54.7 Å². The zero-order chi connectivity index (χ0) is 34.9. The number of unbranched alkanes of at least 4 members (excludes halogenated alkanes) is 10. The van der Waals surface area contributed by atoms with E-state index in [4.69, 9.17) is 9.47 Å². The third-order valence-electron chi connectivity index (χ3n) is 7.79. The van der Waals surface area contributed by atoms with Gasteiger partial charge >= 0.3 is 18.1 Å². The second-order valence-electron chi connectivity index (χ2n) is 11.7. The van der Waals surface area contributed by atoms with Crippen molar-refractivity contribution in [3.8, 4) is 22.8 Å². The number of carbonyl (C=O) groups is 2. The molecule has 1 aromatic heterocycles. The molecule has 1 atom stereocenters. The maximum Gasteiger partial charge on any atom is 0.425 e. The molecule has 3 aromatic rings. The molecule has 1 heterocycles. The molecule has 6 nitrogen and oxygen atoms in total. The Labute approximate surface area is 279 Å². The van der Waals surface area contributed by atoms with E-state index >= 15 is 0 Å². The first-order valence-corrected chi connectivity index (χ1v) is 16.7. The van der Waals surface area contributed by atoms with E-state index in [0.29, 0.717) is 30.4 Å². The van der Waals surface area contributed by atoms with E-state index in [1.54, 1.807) is 6.07 Å². The number of aromatic nitrogens is 1. The zero-order valence-corrected chi connectivity index (χ0v) is 27.6. The first-order chi connectivity index (χ1) is 23.0. The first kappa shape index (κ1) is 38.4. The summed E-state index contributed by atoms with van der Waals surface area (Å²) in [6.45, 7) is 4.53. The number of pyridine rings is 1. The van der Waals surface area contributed by atoms with E-state index in [-0.39, 0.29) is 23.5 Å². The smallest absolute Gasteiger partial charge is 0.425 e. The second kappa shape index (κ2) is 19.7. The molecule has 1 unspecified atom stereocenters. The fourth-order valence-corrected chi connectivity index (χ4v) is 5.01. The molecule has 0 N–H and O–H groups in total. The zero-order valence-electron chi connectivity index (χ0n) is 27.6. The minimum absolute atomic E-state index is 0.00419. The minimum Gasteiger partial charge on any atom is -0.491 e. The van der Waals surface area contributed by atoms with Crippen LogP contribution in [0, 0.1) is 11.6 Å². The molecular weight excluding hydrogens is 633 g/mol. The number of esters is 2. The van der Waals surface area contributed by atoms with Crippen molar-refractivity contribution in [2.45, 2.75) is 110 Å². The van der Waals surface area contributed by atoms with Crippen molar-refractivity contribution in [1.29, 1.82) is 0 Å². The molecular formula is C37H44F5NO5. The van der Waals surface area contributed by atoms with Crippen molar-refractivity contribution in [2.24, 2.45) is 0 Å². The lowest BCUT2D eigenvalue weighted by Gasteiger charge is -2.21. The van der Waals surface area contributed by atoms with E-state index < -0.39 is 47.8 Å². The Morgan fingerprint density at radius 2 is 1.42 bits per heavy atom. The van der Waals surface area contributed by atoms with Crippen molar-refractivity contribution < 1.29 is 45.8 Å². The van der Waals surface area contributed by atoms with Gasteiger partial charge in [0.2, 0.25) is 0 Å². The molecule has 2 aromatic carbocycles. The highest BCUT2D eigenvalue weighted by atomic mass is 19.4. The summed E-state index contributed by atoms with van der Waals surface area (Å²) in [5.41, 5.74) is 0.131. The Hall–Kier alpha value is -4.02. The van der Waals surface area contributed by atoms with Crippen molar-refractivity contribution in [1.82, 2.24) is 4.98 Å². The average molecular weight is 678 g/mol. The van der Waals surface area contributed by atoms with Crippen LogP contribution in [0.2, 0.25) is 0 Å². The topological polar surface area (TPSA) is 74.7 Å². The van der Waals surface area contributed by atoms with E-state index in [1.807, 2.05) is 6.92 Å². The van der Waals surface area contributed by atoms with E-state index in [1.165, 1.54) is 62.6 Å². The standard InChI is InChI=1S/C37H44F5NO5/c1-3-5-7-9-10-11-12-14-22-46-33-21-17-26(23-31(33)39)32-20-16-27(25-43-32)35(44)47-28-18-19-29(30(38)24-28)36(45)48-34(37(40,41)42)15-13-8-6-4-2/h16-21,23-25,34H,3-15,22H2,1-2H3. The van der Waals surface area contributed by atoms with Crippen LogP contribution in [0.1, 0.15) is 118 Å². The lowest BCUT2D eigenvalue weighted by atomic mass is 10.1. The van der Waals surface area contributed by atoms with Crippen molar-refractivity contribution in [3.05, 3.63) is 77.5 Å². The van der Waals surface area contributed by atoms with E-state index in [9.17, 15) is 31.5 Å². The SMILES string of the molecule is CCCCCCCCCCOc1ccc(-c2ccc(C(=O)Oc3ccc(C(=O)OC(CCCCCC)C(F)(F)F)c(F)c3)cn2)cc1F. The highest BCUT2D eigenvalue weighted by Gasteiger charge is 2.42. The maximum atomic E-state index is 14.7. The number of rotatable bonds is 20. The third-order valence-corrected chi connectivity index (χ3v) is 7.79. The number of alkyl halides is 3. The Morgan fingerprint density at radius 3 is 2.02 bits per heavy atom. The van der Waals surface area contributed by atoms with Gasteiger partial charge in [0.05, 0.1) is 23.4 Å². The van der Waals surface area contributed by atoms with E-state index in [0.717, 1.165) is 44.2 Å². The second-order valence-corrected chi connectivity index (χ2v) is 11.7. The average Bonchev–Trinajstić information content (AvgIpc) is 3.05. The Kier molecular flexibility index (Phi) is 15.8. The van der Waals surface area contributed by atoms with Gasteiger partial charge in [-0.3, -0.25) is 4.98 Å². The molecule has 0 amide bonds. The van der Waals surface area contributed by atoms with Crippen LogP contribution >= 0.6 is 0 Å². The first-order valence-electron chi connectivity index (χ1n) is 16.7. The fraction of sp³-hybridized carbons (Fsp3) is 0.486. The molecule has 0 bridgehead atoms. The number of halogens is 5. The van der Waals surface area contributed by atoms with Crippen molar-refractivity contribution in [2.75, 3.05) is 6.61 Å². The van der Waals surface area contributed by atoms with Gasteiger partial charge in [-0.2, -0.15) is 13.2 Å². The number of carbonyl (C=O) groups excluding carboxylic acids is 2. The normalized spacial score (nSPS) is 12.1. The largest absolute Gasteiger partial charge is 0.491 e. The number of nitrogens with zero attached hydrogens (tertiary/aromatic N) is 1. The number of ether oxygens (including phenoxy) is 3. The van der Waals surface area contributed by atoms with Crippen LogP contribution < -0.4 is 9.47 Å². The van der Waals surface area contributed by atoms with Crippen LogP contribution in [0.4, 0.5) is 22.0 Å². The fourth-order valence-electron chi connectivity index (χ4n) is 5.01. The molecule has 0 saturated heterocycles. The Morgan fingerprint density at radius 1 is 0.750 bits per heavy atom. The molecule has 48 heavy (non-hydrogen) atoms. The summed E-state index contributed by atoms with van der Waals surface area (Å²) in [7, 11) is 0. The van der Waals surface area contributed by atoms with Gasteiger partial charge in [0.15, 0.2) is 17.7 Å².